The standard InChI is InChI=1S/C23H18FN3O2S/c24-19-8-4-5-17(11-19)14-30-23-26-25-22(18-6-2-1-3-7-18)27(23)13-16-9-10-20-21(12-16)29-15-28-20/h1-12H,13-15H2. The molecular weight excluding hydrogens is 401 g/mol. The summed E-state index contributed by atoms with van der Waals surface area (Å²) in [7, 11) is 0. The second-order valence-corrected chi connectivity index (χ2v) is 7.81. The van der Waals surface area contributed by atoms with Crippen LogP contribution in [0.5, 0.6) is 11.5 Å². The Morgan fingerprint density at radius 2 is 1.73 bits per heavy atom. The maximum atomic E-state index is 13.5. The summed E-state index contributed by atoms with van der Waals surface area (Å²) in [4.78, 5) is 0. The summed E-state index contributed by atoms with van der Waals surface area (Å²) in [6.45, 7) is 0.828. The molecule has 1 aliphatic heterocycles. The van der Waals surface area contributed by atoms with E-state index in [-0.39, 0.29) is 12.6 Å². The van der Waals surface area contributed by atoms with Gasteiger partial charge in [-0.05, 0) is 35.4 Å². The van der Waals surface area contributed by atoms with Crippen molar-refractivity contribution in [2.75, 3.05) is 6.79 Å². The summed E-state index contributed by atoms with van der Waals surface area (Å²) in [5, 5.41) is 9.65. The van der Waals surface area contributed by atoms with Crippen LogP contribution in [0, 0.1) is 5.82 Å². The maximum Gasteiger partial charge on any atom is 0.231 e. The predicted molar refractivity (Wildman–Crippen MR) is 113 cm³/mol. The zero-order valence-electron chi connectivity index (χ0n) is 16.0. The van der Waals surface area contributed by atoms with E-state index in [0.717, 1.165) is 39.2 Å². The molecular formula is C23H18FN3O2S. The molecule has 0 amide bonds. The van der Waals surface area contributed by atoms with Gasteiger partial charge in [0.1, 0.15) is 5.82 Å². The van der Waals surface area contributed by atoms with Crippen molar-refractivity contribution in [1.82, 2.24) is 14.8 Å². The molecule has 5 rings (SSSR count). The fourth-order valence-corrected chi connectivity index (χ4v) is 4.22. The molecule has 4 aromatic rings. The van der Waals surface area contributed by atoms with Crippen molar-refractivity contribution in [1.29, 1.82) is 0 Å². The Hall–Kier alpha value is -3.32. The third-order valence-electron chi connectivity index (χ3n) is 4.78. The first-order chi connectivity index (χ1) is 14.8. The number of hydrogen-bond acceptors (Lipinski definition) is 5. The lowest BCUT2D eigenvalue weighted by atomic mass is 10.2. The van der Waals surface area contributed by atoms with Gasteiger partial charge in [0.15, 0.2) is 22.5 Å². The zero-order chi connectivity index (χ0) is 20.3. The average Bonchev–Trinajstić information content (AvgIpc) is 3.39. The lowest BCUT2D eigenvalue weighted by molar-refractivity contribution is 0.174. The molecule has 1 aromatic heterocycles. The van der Waals surface area contributed by atoms with Crippen LogP contribution in [-0.4, -0.2) is 21.6 Å². The highest BCUT2D eigenvalue weighted by molar-refractivity contribution is 7.98. The fourth-order valence-electron chi connectivity index (χ4n) is 3.34. The number of halogens is 1. The first-order valence-electron chi connectivity index (χ1n) is 9.51. The van der Waals surface area contributed by atoms with Crippen LogP contribution in [-0.2, 0) is 12.3 Å². The molecule has 5 nitrogen and oxygen atoms in total. The Morgan fingerprint density at radius 1 is 0.867 bits per heavy atom. The Morgan fingerprint density at radius 3 is 2.60 bits per heavy atom. The highest BCUT2D eigenvalue weighted by Crippen LogP contribution is 2.34. The van der Waals surface area contributed by atoms with E-state index in [0.29, 0.717) is 12.3 Å². The lowest BCUT2D eigenvalue weighted by Gasteiger charge is -2.11. The van der Waals surface area contributed by atoms with Gasteiger partial charge in [0.05, 0.1) is 6.54 Å². The Bertz CT molecular complexity index is 1180. The second kappa shape index (κ2) is 8.20. The number of nitrogens with zero attached hydrogens (tertiary/aromatic N) is 3. The molecule has 0 fully saturated rings. The van der Waals surface area contributed by atoms with E-state index in [1.807, 2.05) is 54.6 Å². The van der Waals surface area contributed by atoms with Gasteiger partial charge >= 0.3 is 0 Å². The van der Waals surface area contributed by atoms with Crippen molar-refractivity contribution in [3.05, 3.63) is 89.7 Å². The van der Waals surface area contributed by atoms with Crippen LogP contribution >= 0.6 is 11.8 Å². The average molecular weight is 419 g/mol. The monoisotopic (exact) mass is 419 g/mol. The molecule has 0 spiro atoms. The molecule has 0 bridgehead atoms. The molecule has 0 saturated carbocycles. The van der Waals surface area contributed by atoms with Crippen molar-refractivity contribution in [2.45, 2.75) is 17.5 Å². The first-order valence-corrected chi connectivity index (χ1v) is 10.5. The topological polar surface area (TPSA) is 49.2 Å². The molecule has 0 unspecified atom stereocenters. The van der Waals surface area contributed by atoms with Gasteiger partial charge in [0, 0.05) is 11.3 Å². The van der Waals surface area contributed by atoms with Gasteiger partial charge in [-0.3, -0.25) is 4.57 Å². The van der Waals surface area contributed by atoms with Crippen molar-refractivity contribution in [3.63, 3.8) is 0 Å². The molecule has 0 radical (unpaired) electrons. The van der Waals surface area contributed by atoms with Gasteiger partial charge in [-0.15, -0.1) is 10.2 Å². The van der Waals surface area contributed by atoms with E-state index in [1.165, 1.54) is 17.8 Å². The molecule has 2 heterocycles. The Kier molecular flexibility index (Phi) is 5.11. The predicted octanol–water partition coefficient (Wildman–Crippen LogP) is 5.15. The van der Waals surface area contributed by atoms with Crippen molar-refractivity contribution in [3.8, 4) is 22.9 Å². The van der Waals surface area contributed by atoms with Gasteiger partial charge in [-0.2, -0.15) is 0 Å². The number of fused-ring (bicyclic) bond motifs is 1. The van der Waals surface area contributed by atoms with E-state index < -0.39 is 0 Å². The van der Waals surface area contributed by atoms with E-state index in [1.54, 1.807) is 12.1 Å². The number of aromatic nitrogens is 3. The maximum absolute atomic E-state index is 13.5. The number of hydrogen-bond donors (Lipinski definition) is 0. The largest absolute Gasteiger partial charge is 0.454 e. The van der Waals surface area contributed by atoms with Crippen molar-refractivity contribution in [2.24, 2.45) is 0 Å². The molecule has 3 aromatic carbocycles. The van der Waals surface area contributed by atoms with E-state index in [2.05, 4.69) is 14.8 Å². The van der Waals surface area contributed by atoms with Crippen LogP contribution in [0.4, 0.5) is 4.39 Å². The van der Waals surface area contributed by atoms with Crippen LogP contribution in [0.2, 0.25) is 0 Å². The smallest absolute Gasteiger partial charge is 0.231 e. The summed E-state index contributed by atoms with van der Waals surface area (Å²) >= 11 is 1.54. The highest BCUT2D eigenvalue weighted by Gasteiger charge is 2.18. The number of rotatable bonds is 6. The van der Waals surface area contributed by atoms with Gasteiger partial charge in [0.25, 0.3) is 0 Å². The zero-order valence-corrected chi connectivity index (χ0v) is 16.8. The van der Waals surface area contributed by atoms with Crippen LogP contribution in [0.25, 0.3) is 11.4 Å². The molecule has 0 N–H and O–H groups in total. The summed E-state index contributed by atoms with van der Waals surface area (Å²) in [6.07, 6.45) is 0. The van der Waals surface area contributed by atoms with Gasteiger partial charge in [-0.1, -0.05) is 60.3 Å². The minimum atomic E-state index is -0.236. The molecule has 0 aliphatic carbocycles. The minimum Gasteiger partial charge on any atom is -0.454 e. The summed E-state index contributed by atoms with van der Waals surface area (Å²) < 4.78 is 26.5. The van der Waals surface area contributed by atoms with Gasteiger partial charge in [0.2, 0.25) is 6.79 Å². The highest BCUT2D eigenvalue weighted by atomic mass is 32.2. The second-order valence-electron chi connectivity index (χ2n) is 6.86. The number of ether oxygens (including phenoxy) is 2. The quantitative estimate of drug-likeness (QED) is 0.405. The molecule has 150 valence electrons. The Balaban J connectivity index is 1.47. The molecule has 0 saturated heterocycles. The van der Waals surface area contributed by atoms with Crippen molar-refractivity contribution < 1.29 is 13.9 Å². The molecule has 7 heteroatoms. The molecule has 30 heavy (non-hydrogen) atoms. The van der Waals surface area contributed by atoms with Gasteiger partial charge in [-0.25, -0.2) is 4.39 Å². The van der Waals surface area contributed by atoms with E-state index >= 15 is 0 Å². The third-order valence-corrected chi connectivity index (χ3v) is 5.82. The SMILES string of the molecule is Fc1cccc(CSc2nnc(-c3ccccc3)n2Cc2ccc3c(c2)OCO3)c1. The normalized spacial score (nSPS) is 12.3. The Labute approximate surface area is 177 Å². The van der Waals surface area contributed by atoms with Crippen LogP contribution in [0.1, 0.15) is 11.1 Å². The third kappa shape index (κ3) is 3.89. The summed E-state index contributed by atoms with van der Waals surface area (Å²) in [5.41, 5.74) is 2.95. The van der Waals surface area contributed by atoms with Crippen molar-refractivity contribution >= 4 is 11.8 Å². The van der Waals surface area contributed by atoms with Crippen LogP contribution in [0.15, 0.2) is 78.0 Å². The summed E-state index contributed by atoms with van der Waals surface area (Å²) in [5.74, 6) is 2.66. The van der Waals surface area contributed by atoms with Crippen LogP contribution in [0.3, 0.4) is 0 Å². The number of thioether (sulfide) groups is 1. The molecule has 0 atom stereocenters. The lowest BCUT2D eigenvalue weighted by Crippen LogP contribution is -2.04. The number of benzene rings is 3. The summed E-state index contributed by atoms with van der Waals surface area (Å²) in [6, 6.07) is 22.5. The fraction of sp³-hybridized carbons (Fsp3) is 0.130. The minimum absolute atomic E-state index is 0.236. The first kappa shape index (κ1) is 18.7. The molecule has 1 aliphatic rings. The van der Waals surface area contributed by atoms with E-state index in [4.69, 9.17) is 9.47 Å². The van der Waals surface area contributed by atoms with Gasteiger partial charge < -0.3 is 9.47 Å². The van der Waals surface area contributed by atoms with E-state index in [9.17, 15) is 4.39 Å². The van der Waals surface area contributed by atoms with Crippen LogP contribution < -0.4 is 9.47 Å².